The van der Waals surface area contributed by atoms with Crippen LogP contribution >= 0.6 is 0 Å². The lowest BCUT2D eigenvalue weighted by molar-refractivity contribution is -0.135. The fourth-order valence-electron chi connectivity index (χ4n) is 5.23. The number of aryl methyl sites for hydroxylation is 1. The van der Waals surface area contributed by atoms with Gasteiger partial charge in [-0.2, -0.15) is 0 Å². The number of esters is 1. The number of hydrogen-bond donors (Lipinski definition) is 4. The summed E-state index contributed by atoms with van der Waals surface area (Å²) in [5, 5.41) is 14.6. The first-order chi connectivity index (χ1) is 21.7. The molecule has 0 bridgehead atoms. The van der Waals surface area contributed by atoms with Gasteiger partial charge >= 0.3 is 12.1 Å². The number of hydrazine groups is 1. The monoisotopic (exact) mass is 615 g/mol. The third-order valence-corrected chi connectivity index (χ3v) is 7.63. The molecule has 1 atom stereocenters. The molecule has 0 saturated carbocycles. The van der Waals surface area contributed by atoms with Gasteiger partial charge in [-0.05, 0) is 53.8 Å². The van der Waals surface area contributed by atoms with Crippen molar-refractivity contribution < 1.29 is 33.8 Å². The molecular weight excluding hydrogens is 578 g/mol. The summed E-state index contributed by atoms with van der Waals surface area (Å²) in [4.78, 5) is 64.3. The molecule has 4 rings (SSSR count). The molecule has 45 heavy (non-hydrogen) atoms. The number of benzene rings is 3. The first-order valence-corrected chi connectivity index (χ1v) is 14.7. The number of amides is 4. The average Bonchev–Trinajstić information content (AvgIpc) is 3.31. The Morgan fingerprint density at radius 2 is 1.71 bits per heavy atom. The molecule has 3 aromatic carbocycles. The number of ether oxygens (including phenoxy) is 1. The minimum absolute atomic E-state index is 0.0310. The predicted molar refractivity (Wildman–Crippen MR) is 168 cm³/mol. The molecule has 1 aliphatic heterocycles. The van der Waals surface area contributed by atoms with Crippen molar-refractivity contribution in [2.45, 2.75) is 32.2 Å². The largest absolute Gasteiger partial charge is 0.466 e. The molecule has 12 nitrogen and oxygen atoms in total. The molecule has 236 valence electrons. The van der Waals surface area contributed by atoms with E-state index in [1.54, 1.807) is 12.1 Å². The highest BCUT2D eigenvalue weighted by Crippen LogP contribution is 2.26. The predicted octanol–water partition coefficient (Wildman–Crippen LogP) is 3.33. The van der Waals surface area contributed by atoms with Crippen LogP contribution in [0.1, 0.15) is 47.3 Å². The molecule has 12 heteroatoms. The molecule has 0 aliphatic carbocycles. The highest BCUT2D eigenvalue weighted by atomic mass is 16.5. The van der Waals surface area contributed by atoms with E-state index in [1.807, 2.05) is 55.5 Å². The quantitative estimate of drug-likeness (QED) is 0.162. The minimum atomic E-state index is -0.955. The SMILES string of the molecule is COC(=O)/C=C/C(=O)NNC(=O)CCc1ccc(N2CCCN(C(=O)O)CC2)cc1C(=O)NC(C)c1cccc2ccccc12. The topological polar surface area (TPSA) is 157 Å². The van der Waals surface area contributed by atoms with Gasteiger partial charge in [-0.1, -0.05) is 48.5 Å². The van der Waals surface area contributed by atoms with E-state index < -0.39 is 23.9 Å². The summed E-state index contributed by atoms with van der Waals surface area (Å²) in [5.41, 5.74) is 7.28. The van der Waals surface area contributed by atoms with Crippen LogP contribution in [0.2, 0.25) is 0 Å². The Balaban J connectivity index is 1.52. The molecule has 0 spiro atoms. The van der Waals surface area contributed by atoms with E-state index in [0.717, 1.165) is 34.2 Å². The zero-order chi connectivity index (χ0) is 32.3. The normalized spacial score (nSPS) is 14.0. The van der Waals surface area contributed by atoms with E-state index in [-0.39, 0.29) is 24.8 Å². The van der Waals surface area contributed by atoms with E-state index in [2.05, 4.69) is 25.8 Å². The molecule has 4 N–H and O–H groups in total. The van der Waals surface area contributed by atoms with Gasteiger partial charge in [0.2, 0.25) is 5.91 Å². The second kappa shape index (κ2) is 15.4. The van der Waals surface area contributed by atoms with Gasteiger partial charge in [0.1, 0.15) is 0 Å². The Morgan fingerprint density at radius 1 is 0.933 bits per heavy atom. The van der Waals surface area contributed by atoms with Gasteiger partial charge in [-0.3, -0.25) is 25.2 Å². The number of fused-ring (bicyclic) bond motifs is 1. The van der Waals surface area contributed by atoms with Crippen molar-refractivity contribution in [3.05, 3.63) is 89.5 Å². The standard InChI is InChI=1S/C33H37N5O7/c1-22(26-10-5-8-23-7-3-4-9-27(23)26)34-32(42)28-21-25(37-17-6-18-38(20-19-37)33(43)44)13-11-24(28)12-14-29(39)35-36-30(40)15-16-31(41)45-2/h3-5,7-11,13,15-16,21-22H,6,12,14,17-20H2,1-2H3,(H,34,42)(H,35,39)(H,36,40)(H,43,44)/b16-15+. The number of carbonyl (C=O) groups excluding carboxylic acids is 4. The van der Waals surface area contributed by atoms with Crippen LogP contribution in [0, 0.1) is 0 Å². The Labute approximate surface area is 261 Å². The number of anilines is 1. The summed E-state index contributed by atoms with van der Waals surface area (Å²) in [5.74, 6) is -2.22. The molecule has 0 aromatic heterocycles. The van der Waals surface area contributed by atoms with Crippen LogP contribution in [0.25, 0.3) is 10.8 Å². The molecule has 1 saturated heterocycles. The summed E-state index contributed by atoms with van der Waals surface area (Å²) in [6.07, 6.45) is 1.73. The smallest absolute Gasteiger partial charge is 0.407 e. The van der Waals surface area contributed by atoms with Gasteiger partial charge in [0.05, 0.1) is 13.2 Å². The number of nitrogens with one attached hydrogen (secondary N) is 3. The van der Waals surface area contributed by atoms with Crippen molar-refractivity contribution in [1.82, 2.24) is 21.1 Å². The van der Waals surface area contributed by atoms with Crippen molar-refractivity contribution in [3.8, 4) is 0 Å². The van der Waals surface area contributed by atoms with Gasteiger partial charge in [0, 0.05) is 56.0 Å². The third-order valence-electron chi connectivity index (χ3n) is 7.63. The lowest BCUT2D eigenvalue weighted by Gasteiger charge is -2.25. The Hall–Kier alpha value is -5.39. The van der Waals surface area contributed by atoms with Crippen molar-refractivity contribution in [2.75, 3.05) is 38.2 Å². The van der Waals surface area contributed by atoms with Gasteiger partial charge in [-0.25, -0.2) is 9.59 Å². The average molecular weight is 616 g/mol. The molecule has 1 heterocycles. The minimum Gasteiger partial charge on any atom is -0.466 e. The van der Waals surface area contributed by atoms with E-state index >= 15 is 0 Å². The van der Waals surface area contributed by atoms with Crippen LogP contribution in [0.5, 0.6) is 0 Å². The number of hydrogen-bond acceptors (Lipinski definition) is 7. The zero-order valence-electron chi connectivity index (χ0n) is 25.2. The maximum Gasteiger partial charge on any atom is 0.407 e. The van der Waals surface area contributed by atoms with Crippen LogP contribution in [0.15, 0.2) is 72.8 Å². The number of rotatable bonds is 9. The highest BCUT2D eigenvalue weighted by molar-refractivity contribution is 5.98. The number of methoxy groups -OCH3 is 1. The lowest BCUT2D eigenvalue weighted by Crippen LogP contribution is -2.41. The molecule has 4 amide bonds. The maximum absolute atomic E-state index is 13.8. The zero-order valence-corrected chi connectivity index (χ0v) is 25.2. The van der Waals surface area contributed by atoms with Crippen molar-refractivity contribution >= 4 is 46.2 Å². The second-order valence-corrected chi connectivity index (χ2v) is 10.6. The summed E-state index contributed by atoms with van der Waals surface area (Å²) >= 11 is 0. The van der Waals surface area contributed by atoms with Gasteiger partial charge in [0.25, 0.3) is 11.8 Å². The van der Waals surface area contributed by atoms with Gasteiger partial charge < -0.3 is 25.0 Å². The number of carboxylic acid groups (broad SMARTS) is 1. The van der Waals surface area contributed by atoms with Crippen LogP contribution in [0.3, 0.4) is 0 Å². The summed E-state index contributed by atoms with van der Waals surface area (Å²) < 4.78 is 4.43. The van der Waals surface area contributed by atoms with E-state index in [0.29, 0.717) is 43.7 Å². The maximum atomic E-state index is 13.8. The first-order valence-electron chi connectivity index (χ1n) is 14.7. The van der Waals surface area contributed by atoms with Crippen molar-refractivity contribution in [2.24, 2.45) is 0 Å². The number of carbonyl (C=O) groups is 5. The number of nitrogens with zero attached hydrogens (tertiary/aromatic N) is 2. The van der Waals surface area contributed by atoms with Crippen LogP contribution in [-0.4, -0.2) is 73.1 Å². The third kappa shape index (κ3) is 8.82. The van der Waals surface area contributed by atoms with E-state index in [9.17, 15) is 29.1 Å². The van der Waals surface area contributed by atoms with Crippen molar-refractivity contribution in [1.29, 1.82) is 0 Å². The molecule has 3 aromatic rings. The van der Waals surface area contributed by atoms with Gasteiger partial charge in [-0.15, -0.1) is 0 Å². The summed E-state index contributed by atoms with van der Waals surface area (Å²) in [6, 6.07) is 19.0. The fourth-order valence-corrected chi connectivity index (χ4v) is 5.23. The summed E-state index contributed by atoms with van der Waals surface area (Å²) in [7, 11) is 1.18. The van der Waals surface area contributed by atoms with Gasteiger partial charge in [0.15, 0.2) is 0 Å². The molecular formula is C33H37N5O7. The highest BCUT2D eigenvalue weighted by Gasteiger charge is 2.22. The molecule has 1 aliphatic rings. The Morgan fingerprint density at radius 3 is 2.49 bits per heavy atom. The van der Waals surface area contributed by atoms with Crippen LogP contribution in [0.4, 0.5) is 10.5 Å². The first kappa shape index (κ1) is 32.5. The molecule has 1 unspecified atom stereocenters. The van der Waals surface area contributed by atoms with E-state index in [4.69, 9.17) is 0 Å². The second-order valence-electron chi connectivity index (χ2n) is 10.6. The Bertz CT molecular complexity index is 1600. The summed E-state index contributed by atoms with van der Waals surface area (Å²) in [6.45, 7) is 3.80. The molecule has 0 radical (unpaired) electrons. The van der Waals surface area contributed by atoms with Crippen LogP contribution < -0.4 is 21.1 Å². The lowest BCUT2D eigenvalue weighted by atomic mass is 9.98. The van der Waals surface area contributed by atoms with E-state index in [1.165, 1.54) is 12.0 Å². The van der Waals surface area contributed by atoms with Crippen molar-refractivity contribution in [3.63, 3.8) is 0 Å². The molecule has 1 fully saturated rings. The Kier molecular flexibility index (Phi) is 11.1. The van der Waals surface area contributed by atoms with Crippen LogP contribution in [-0.2, 0) is 25.5 Å². The fraction of sp³-hybridized carbons (Fsp3) is 0.303.